The minimum Gasteiger partial charge on any atom is -0.394 e. The van der Waals surface area contributed by atoms with Crippen molar-refractivity contribution in [2.45, 2.75) is 37.3 Å². The molecule has 1 aliphatic heterocycles. The molecule has 0 saturated carbocycles. The van der Waals surface area contributed by atoms with Gasteiger partial charge in [0.1, 0.15) is 30.1 Å². The molecule has 0 spiro atoms. The number of aliphatic hydroxyl groups excluding tert-OH is 4. The molecule has 136 valence electrons. The van der Waals surface area contributed by atoms with Crippen molar-refractivity contribution >= 4 is 0 Å². The highest BCUT2D eigenvalue weighted by Crippen LogP contribution is 2.22. The van der Waals surface area contributed by atoms with E-state index in [0.717, 1.165) is 0 Å². The van der Waals surface area contributed by atoms with Crippen molar-refractivity contribution in [3.63, 3.8) is 0 Å². The van der Waals surface area contributed by atoms with Crippen LogP contribution in [0.4, 0.5) is 0 Å². The number of rotatable bonds is 6. The van der Waals surface area contributed by atoms with Crippen molar-refractivity contribution in [2.75, 3.05) is 13.2 Å². The summed E-state index contributed by atoms with van der Waals surface area (Å²) < 4.78 is 12.2. The molecule has 1 saturated heterocycles. The first-order valence-corrected chi connectivity index (χ1v) is 7.84. The fourth-order valence-electron chi connectivity index (χ4n) is 2.51. The van der Waals surface area contributed by atoms with Crippen molar-refractivity contribution in [3.8, 4) is 11.4 Å². The molecule has 1 aliphatic rings. The topological polar surface area (TPSA) is 143 Å². The Hall–Kier alpha value is -1.95. The highest BCUT2D eigenvalue weighted by atomic mass is 16.7. The summed E-state index contributed by atoms with van der Waals surface area (Å²) in [5, 5.41) is 46.4. The monoisotopic (exact) mass is 352 g/mol. The van der Waals surface area contributed by atoms with E-state index in [2.05, 4.69) is 15.3 Å². The summed E-state index contributed by atoms with van der Waals surface area (Å²) in [5.41, 5.74) is 1.32. The summed E-state index contributed by atoms with van der Waals surface area (Å²) in [6.45, 7) is -0.0517. The molecule has 25 heavy (non-hydrogen) atoms. The minimum atomic E-state index is -1.46. The summed E-state index contributed by atoms with van der Waals surface area (Å²) in [5.74, 6) is 0. The largest absolute Gasteiger partial charge is 0.394 e. The van der Waals surface area contributed by atoms with E-state index in [1.807, 2.05) is 18.2 Å². The van der Waals surface area contributed by atoms with Crippen molar-refractivity contribution < 1.29 is 29.9 Å². The number of hydrogen-bond acceptors (Lipinski definition) is 9. The average molecular weight is 352 g/mol. The first kappa shape index (κ1) is 17.9. The van der Waals surface area contributed by atoms with Gasteiger partial charge in [-0.3, -0.25) is 4.98 Å². The second-order valence-corrected chi connectivity index (χ2v) is 5.65. The molecule has 0 bridgehead atoms. The van der Waals surface area contributed by atoms with Gasteiger partial charge in [-0.15, -0.1) is 5.10 Å². The van der Waals surface area contributed by atoms with Crippen LogP contribution in [0.25, 0.3) is 11.4 Å². The zero-order valence-corrected chi connectivity index (χ0v) is 13.3. The third-order valence-corrected chi connectivity index (χ3v) is 3.92. The zero-order chi connectivity index (χ0) is 17.8. The molecule has 3 heterocycles. The SMILES string of the molecule is OC[C@H]1O[C@@H](OCCn2cc(-c3ccccn3)nn2)[C@H](O)[C@@H](O)[C@H]1O. The van der Waals surface area contributed by atoms with Crippen LogP contribution in [0.3, 0.4) is 0 Å². The van der Waals surface area contributed by atoms with Crippen molar-refractivity contribution in [1.29, 1.82) is 0 Å². The lowest BCUT2D eigenvalue weighted by Crippen LogP contribution is -2.59. The normalized spacial score (nSPS) is 29.7. The fourth-order valence-corrected chi connectivity index (χ4v) is 2.51. The van der Waals surface area contributed by atoms with E-state index in [-0.39, 0.29) is 6.61 Å². The minimum absolute atomic E-state index is 0.119. The van der Waals surface area contributed by atoms with Crippen LogP contribution in [0.2, 0.25) is 0 Å². The van der Waals surface area contributed by atoms with Gasteiger partial charge in [-0.05, 0) is 12.1 Å². The molecule has 0 aromatic carbocycles. The molecule has 0 radical (unpaired) electrons. The predicted octanol–water partition coefficient (Wildman–Crippen LogP) is -1.84. The number of ether oxygens (including phenoxy) is 2. The standard InChI is InChI=1S/C15H20N4O6/c20-8-11-12(21)13(22)14(23)15(25-11)24-6-5-19-7-10(17-18-19)9-3-1-2-4-16-9/h1-4,7,11-15,20-23H,5-6,8H2/t11-,12+,13+,14-,15-/m1/s1. The molecule has 4 N–H and O–H groups in total. The summed E-state index contributed by atoms with van der Waals surface area (Å²) in [6.07, 6.45) is -3.07. The quantitative estimate of drug-likeness (QED) is 0.471. The van der Waals surface area contributed by atoms with E-state index in [0.29, 0.717) is 17.9 Å². The van der Waals surface area contributed by atoms with E-state index >= 15 is 0 Å². The van der Waals surface area contributed by atoms with Crippen LogP contribution in [0.5, 0.6) is 0 Å². The maximum Gasteiger partial charge on any atom is 0.186 e. The van der Waals surface area contributed by atoms with Crippen LogP contribution >= 0.6 is 0 Å². The van der Waals surface area contributed by atoms with Crippen molar-refractivity contribution in [2.24, 2.45) is 0 Å². The van der Waals surface area contributed by atoms with E-state index in [4.69, 9.17) is 14.6 Å². The van der Waals surface area contributed by atoms with E-state index < -0.39 is 37.3 Å². The molecular formula is C15H20N4O6. The van der Waals surface area contributed by atoms with Gasteiger partial charge in [-0.25, -0.2) is 4.68 Å². The second-order valence-electron chi connectivity index (χ2n) is 5.65. The van der Waals surface area contributed by atoms with Crippen LogP contribution in [-0.2, 0) is 16.0 Å². The Balaban J connectivity index is 1.53. The maximum absolute atomic E-state index is 9.89. The van der Waals surface area contributed by atoms with Crippen LogP contribution in [0.15, 0.2) is 30.6 Å². The Bertz CT molecular complexity index is 667. The second kappa shape index (κ2) is 7.95. The maximum atomic E-state index is 9.89. The molecule has 0 unspecified atom stereocenters. The van der Waals surface area contributed by atoms with Gasteiger partial charge in [0.2, 0.25) is 0 Å². The molecule has 1 fully saturated rings. The van der Waals surface area contributed by atoms with E-state index in [1.54, 1.807) is 17.1 Å². The fraction of sp³-hybridized carbons (Fsp3) is 0.533. The molecule has 2 aromatic heterocycles. The van der Waals surface area contributed by atoms with Crippen molar-refractivity contribution in [3.05, 3.63) is 30.6 Å². The summed E-state index contributed by atoms with van der Waals surface area (Å²) in [4.78, 5) is 4.18. The third kappa shape index (κ3) is 4.00. The Morgan fingerprint density at radius 2 is 1.96 bits per heavy atom. The predicted molar refractivity (Wildman–Crippen MR) is 83.0 cm³/mol. The zero-order valence-electron chi connectivity index (χ0n) is 13.3. The highest BCUT2D eigenvalue weighted by Gasteiger charge is 2.43. The number of aromatic nitrogens is 4. The summed E-state index contributed by atoms with van der Waals surface area (Å²) >= 11 is 0. The highest BCUT2D eigenvalue weighted by molar-refractivity contribution is 5.51. The number of hydrogen-bond donors (Lipinski definition) is 4. The summed E-state index contributed by atoms with van der Waals surface area (Å²) in [7, 11) is 0. The lowest BCUT2D eigenvalue weighted by atomic mass is 9.99. The Kier molecular flexibility index (Phi) is 5.68. The molecule has 0 aliphatic carbocycles. The molecule has 10 heteroatoms. The Morgan fingerprint density at radius 1 is 1.12 bits per heavy atom. The molecular weight excluding hydrogens is 332 g/mol. The lowest BCUT2D eigenvalue weighted by Gasteiger charge is -2.39. The van der Waals surface area contributed by atoms with Gasteiger partial charge in [-0.2, -0.15) is 0 Å². The Labute approximate surface area is 143 Å². The molecule has 2 aromatic rings. The summed E-state index contributed by atoms with van der Waals surface area (Å²) in [6, 6.07) is 5.48. The Morgan fingerprint density at radius 3 is 2.68 bits per heavy atom. The van der Waals surface area contributed by atoms with Gasteiger partial charge >= 0.3 is 0 Å². The van der Waals surface area contributed by atoms with Crippen molar-refractivity contribution in [1.82, 2.24) is 20.0 Å². The van der Waals surface area contributed by atoms with Gasteiger partial charge in [0, 0.05) is 6.20 Å². The third-order valence-electron chi connectivity index (χ3n) is 3.92. The first-order chi connectivity index (χ1) is 12.1. The first-order valence-electron chi connectivity index (χ1n) is 7.84. The lowest BCUT2D eigenvalue weighted by molar-refractivity contribution is -0.301. The van der Waals surface area contributed by atoms with Gasteiger partial charge < -0.3 is 29.9 Å². The molecule has 0 amide bonds. The molecule has 3 rings (SSSR count). The van der Waals surface area contributed by atoms with E-state index in [1.165, 1.54) is 0 Å². The number of nitrogens with zero attached hydrogens (tertiary/aromatic N) is 4. The van der Waals surface area contributed by atoms with Gasteiger partial charge in [0.05, 0.1) is 31.6 Å². The van der Waals surface area contributed by atoms with Gasteiger partial charge in [0.15, 0.2) is 6.29 Å². The van der Waals surface area contributed by atoms with Crippen LogP contribution in [0.1, 0.15) is 0 Å². The van der Waals surface area contributed by atoms with E-state index in [9.17, 15) is 15.3 Å². The molecule has 10 nitrogen and oxygen atoms in total. The van der Waals surface area contributed by atoms with Gasteiger partial charge in [-0.1, -0.05) is 11.3 Å². The van der Waals surface area contributed by atoms with Crippen LogP contribution in [-0.4, -0.2) is 84.3 Å². The van der Waals surface area contributed by atoms with Gasteiger partial charge in [0.25, 0.3) is 0 Å². The van der Waals surface area contributed by atoms with Crippen LogP contribution < -0.4 is 0 Å². The number of pyridine rings is 1. The number of aliphatic hydroxyl groups is 4. The van der Waals surface area contributed by atoms with Crippen LogP contribution in [0, 0.1) is 0 Å². The average Bonchev–Trinajstić information content (AvgIpc) is 3.11. The smallest absolute Gasteiger partial charge is 0.186 e. The molecule has 5 atom stereocenters.